The summed E-state index contributed by atoms with van der Waals surface area (Å²) in [6.45, 7) is 0. The van der Waals surface area contributed by atoms with Crippen molar-refractivity contribution in [2.45, 2.75) is 6.04 Å². The van der Waals surface area contributed by atoms with Gasteiger partial charge in [-0.25, -0.2) is 0 Å². The van der Waals surface area contributed by atoms with Crippen LogP contribution >= 0.6 is 11.6 Å². The molecule has 1 unspecified atom stereocenters. The van der Waals surface area contributed by atoms with Gasteiger partial charge in [0.2, 0.25) is 0 Å². The maximum Gasteiger partial charge on any atom is 0.300 e. The van der Waals surface area contributed by atoms with E-state index in [-0.39, 0.29) is 22.6 Å². The maximum absolute atomic E-state index is 13.1. The Kier molecular flexibility index (Phi) is 5.40. The number of rotatable bonds is 4. The highest BCUT2D eigenvalue weighted by molar-refractivity contribution is 6.51. The summed E-state index contributed by atoms with van der Waals surface area (Å²) in [5.74, 6) is -1.54. The molecule has 1 aliphatic heterocycles. The predicted molar refractivity (Wildman–Crippen MR) is 117 cm³/mol. The number of methoxy groups -OCH3 is 1. The SMILES string of the molecule is COc1cc(/C(O)=C2/C(=O)C(=O)N(c3ccccc3)C2c2ccc(O)cc2)ccc1Cl. The molecule has 3 aromatic rings. The molecule has 0 saturated carbocycles. The van der Waals surface area contributed by atoms with Gasteiger partial charge < -0.3 is 14.9 Å². The van der Waals surface area contributed by atoms with Gasteiger partial charge in [-0.3, -0.25) is 14.5 Å². The van der Waals surface area contributed by atoms with Crippen LogP contribution in [0.25, 0.3) is 5.76 Å². The van der Waals surface area contributed by atoms with E-state index in [0.717, 1.165) is 0 Å². The summed E-state index contributed by atoms with van der Waals surface area (Å²) in [7, 11) is 1.44. The second kappa shape index (κ2) is 8.16. The van der Waals surface area contributed by atoms with E-state index in [1.165, 1.54) is 36.3 Å². The van der Waals surface area contributed by atoms with E-state index in [4.69, 9.17) is 16.3 Å². The molecule has 1 aliphatic rings. The minimum Gasteiger partial charge on any atom is -0.508 e. The number of phenolic OH excluding ortho intramolecular Hbond substituents is 1. The zero-order valence-corrected chi connectivity index (χ0v) is 17.2. The Bertz CT molecular complexity index is 1190. The van der Waals surface area contributed by atoms with Gasteiger partial charge in [0.15, 0.2) is 0 Å². The van der Waals surface area contributed by atoms with E-state index in [0.29, 0.717) is 22.0 Å². The molecule has 31 heavy (non-hydrogen) atoms. The van der Waals surface area contributed by atoms with Crippen molar-refractivity contribution < 1.29 is 24.5 Å². The van der Waals surface area contributed by atoms with Gasteiger partial charge in [-0.1, -0.05) is 41.9 Å². The maximum atomic E-state index is 13.1. The summed E-state index contributed by atoms with van der Waals surface area (Å²) in [4.78, 5) is 27.4. The highest BCUT2D eigenvalue weighted by Crippen LogP contribution is 2.42. The van der Waals surface area contributed by atoms with Crippen molar-refractivity contribution in [1.82, 2.24) is 0 Å². The average Bonchev–Trinajstić information content (AvgIpc) is 3.05. The van der Waals surface area contributed by atoms with Crippen molar-refractivity contribution in [3.8, 4) is 11.5 Å². The first kappa shape index (κ1) is 20.5. The number of carbonyl (C=O) groups is 2. The minimum atomic E-state index is -0.885. The third-order valence-electron chi connectivity index (χ3n) is 5.11. The summed E-state index contributed by atoms with van der Waals surface area (Å²) in [5.41, 5.74) is 1.29. The fourth-order valence-corrected chi connectivity index (χ4v) is 3.82. The Hall–Kier alpha value is -3.77. The number of nitrogens with zero attached hydrogens (tertiary/aromatic N) is 1. The number of anilines is 1. The number of hydrogen-bond donors (Lipinski definition) is 2. The molecule has 1 heterocycles. The zero-order chi connectivity index (χ0) is 22.1. The molecule has 7 heteroatoms. The first-order chi connectivity index (χ1) is 14.9. The molecular weight excluding hydrogens is 418 g/mol. The summed E-state index contributed by atoms with van der Waals surface area (Å²) in [5, 5.41) is 21.1. The molecule has 0 radical (unpaired) electrons. The molecular formula is C24H18ClNO5. The van der Waals surface area contributed by atoms with Crippen LogP contribution in [0, 0.1) is 0 Å². The summed E-state index contributed by atoms with van der Waals surface area (Å²) < 4.78 is 5.21. The highest BCUT2D eigenvalue weighted by atomic mass is 35.5. The second-order valence-electron chi connectivity index (χ2n) is 6.95. The number of carbonyl (C=O) groups excluding carboxylic acids is 2. The molecule has 1 atom stereocenters. The second-order valence-corrected chi connectivity index (χ2v) is 7.35. The number of Topliss-reactive ketones (excluding diaryl/α,β-unsaturated/α-hetero) is 1. The molecule has 1 amide bonds. The van der Waals surface area contributed by atoms with E-state index < -0.39 is 17.7 Å². The Labute approximate surface area is 183 Å². The van der Waals surface area contributed by atoms with Gasteiger partial charge in [-0.15, -0.1) is 0 Å². The lowest BCUT2D eigenvalue weighted by atomic mass is 9.95. The monoisotopic (exact) mass is 435 g/mol. The lowest BCUT2D eigenvalue weighted by Crippen LogP contribution is -2.29. The fourth-order valence-electron chi connectivity index (χ4n) is 3.62. The Morgan fingerprint density at radius 2 is 1.68 bits per heavy atom. The number of benzene rings is 3. The topological polar surface area (TPSA) is 87.1 Å². The number of ether oxygens (including phenoxy) is 1. The molecule has 0 spiro atoms. The van der Waals surface area contributed by atoms with E-state index >= 15 is 0 Å². The molecule has 1 saturated heterocycles. The third kappa shape index (κ3) is 3.62. The molecule has 0 aliphatic carbocycles. The lowest BCUT2D eigenvalue weighted by molar-refractivity contribution is -0.132. The van der Waals surface area contributed by atoms with Crippen LogP contribution < -0.4 is 9.64 Å². The van der Waals surface area contributed by atoms with Gasteiger partial charge in [0, 0.05) is 11.3 Å². The average molecular weight is 436 g/mol. The predicted octanol–water partition coefficient (Wildman–Crippen LogP) is 4.68. The van der Waals surface area contributed by atoms with Crippen molar-refractivity contribution in [2.24, 2.45) is 0 Å². The molecule has 4 rings (SSSR count). The molecule has 156 valence electrons. The summed E-state index contributed by atoms with van der Waals surface area (Å²) >= 11 is 6.08. The lowest BCUT2D eigenvalue weighted by Gasteiger charge is -2.25. The number of aliphatic hydroxyl groups excluding tert-OH is 1. The van der Waals surface area contributed by atoms with E-state index in [1.807, 2.05) is 0 Å². The molecule has 3 aromatic carbocycles. The van der Waals surface area contributed by atoms with E-state index in [1.54, 1.807) is 48.5 Å². The van der Waals surface area contributed by atoms with Gasteiger partial charge in [-0.05, 0) is 48.0 Å². The Morgan fingerprint density at radius 3 is 2.32 bits per heavy atom. The first-order valence-corrected chi connectivity index (χ1v) is 9.79. The van der Waals surface area contributed by atoms with Crippen LogP contribution in [0.3, 0.4) is 0 Å². The number of amides is 1. The molecule has 0 aromatic heterocycles. The van der Waals surface area contributed by atoms with Crippen LogP contribution in [0.15, 0.2) is 78.4 Å². The Morgan fingerprint density at radius 1 is 1.00 bits per heavy atom. The molecule has 6 nitrogen and oxygen atoms in total. The number of halogens is 1. The third-order valence-corrected chi connectivity index (χ3v) is 5.42. The van der Waals surface area contributed by atoms with Crippen LogP contribution in [-0.2, 0) is 9.59 Å². The molecule has 1 fully saturated rings. The van der Waals surface area contributed by atoms with Gasteiger partial charge in [-0.2, -0.15) is 0 Å². The van der Waals surface area contributed by atoms with Crippen molar-refractivity contribution in [3.05, 3.63) is 94.5 Å². The van der Waals surface area contributed by atoms with Crippen molar-refractivity contribution in [2.75, 3.05) is 12.0 Å². The van der Waals surface area contributed by atoms with Gasteiger partial charge in [0.05, 0.1) is 23.7 Å². The van der Waals surface area contributed by atoms with E-state index in [2.05, 4.69) is 0 Å². The number of aliphatic hydroxyl groups is 1. The van der Waals surface area contributed by atoms with Crippen molar-refractivity contribution in [1.29, 1.82) is 0 Å². The normalized spacial score (nSPS) is 17.7. The van der Waals surface area contributed by atoms with Crippen LogP contribution in [0.5, 0.6) is 11.5 Å². The van der Waals surface area contributed by atoms with E-state index in [9.17, 15) is 19.8 Å². The van der Waals surface area contributed by atoms with Gasteiger partial charge in [0.1, 0.15) is 17.3 Å². The smallest absolute Gasteiger partial charge is 0.300 e. The number of phenols is 1. The number of ketones is 1. The largest absolute Gasteiger partial charge is 0.508 e. The van der Waals surface area contributed by atoms with Gasteiger partial charge in [0.25, 0.3) is 11.7 Å². The summed E-state index contributed by atoms with van der Waals surface area (Å²) in [6.07, 6.45) is 0. The highest BCUT2D eigenvalue weighted by Gasteiger charge is 2.46. The quantitative estimate of drug-likeness (QED) is 0.353. The summed E-state index contributed by atoms with van der Waals surface area (Å²) in [6, 6.07) is 18.6. The molecule has 0 bridgehead atoms. The minimum absolute atomic E-state index is 0.0443. The Balaban J connectivity index is 1.94. The first-order valence-electron chi connectivity index (χ1n) is 9.41. The number of para-hydroxylation sites is 1. The van der Waals surface area contributed by atoms with Crippen LogP contribution in [0.2, 0.25) is 5.02 Å². The van der Waals surface area contributed by atoms with Crippen LogP contribution in [0.1, 0.15) is 17.2 Å². The number of hydrogen-bond acceptors (Lipinski definition) is 5. The standard InChI is InChI=1S/C24H18ClNO5/c1-31-19-13-15(9-12-18(19)25)22(28)20-21(14-7-10-17(27)11-8-14)26(24(30)23(20)29)16-5-3-2-4-6-16/h2-13,21,27-28H,1H3/b22-20-. The number of aromatic hydroxyl groups is 1. The zero-order valence-electron chi connectivity index (χ0n) is 16.4. The van der Waals surface area contributed by atoms with Gasteiger partial charge >= 0.3 is 0 Å². The molecule has 2 N–H and O–H groups in total. The van der Waals surface area contributed by atoms with Crippen molar-refractivity contribution >= 4 is 34.7 Å². The van der Waals surface area contributed by atoms with Crippen molar-refractivity contribution in [3.63, 3.8) is 0 Å². The van der Waals surface area contributed by atoms with Crippen LogP contribution in [-0.4, -0.2) is 29.0 Å². The van der Waals surface area contributed by atoms with Crippen LogP contribution in [0.4, 0.5) is 5.69 Å². The fraction of sp³-hybridized carbons (Fsp3) is 0.0833.